The fourth-order valence-corrected chi connectivity index (χ4v) is 15.1. The van der Waals surface area contributed by atoms with E-state index in [0.717, 1.165) is 60.7 Å². The number of nitrogens with zero attached hydrogens (tertiary/aromatic N) is 6. The first kappa shape index (κ1) is 53.5. The van der Waals surface area contributed by atoms with Gasteiger partial charge in [-0.05, 0) is 48.5 Å². The second-order valence-corrected chi connectivity index (χ2v) is 24.7. The maximum atomic E-state index is 9.92. The fraction of sp³-hybridized carbons (Fsp3) is 0.333. The first-order valence-corrected chi connectivity index (χ1v) is 30.7. The van der Waals surface area contributed by atoms with E-state index in [1.165, 1.54) is 94.1 Å². The molecule has 0 radical (unpaired) electrons. The van der Waals surface area contributed by atoms with Crippen LogP contribution in [0.5, 0.6) is 0 Å². The molecular weight excluding hydrogens is 1070 g/mol. The predicted molar refractivity (Wildman–Crippen MR) is 299 cm³/mol. The predicted octanol–water partition coefficient (Wildman–Crippen LogP) is 7.54. The summed E-state index contributed by atoms with van der Waals surface area (Å²) in [5.74, 6) is 5.05. The Morgan fingerprint density at radius 3 is 0.625 bits per heavy atom. The van der Waals surface area contributed by atoms with Crippen molar-refractivity contribution < 1.29 is 40.9 Å². The number of rotatable bonds is 24. The maximum absolute atomic E-state index is 9.92. The van der Waals surface area contributed by atoms with E-state index in [0.29, 0.717) is 114 Å². The molecule has 0 spiro atoms. The van der Waals surface area contributed by atoms with Crippen LogP contribution in [0.3, 0.4) is 0 Å². The first-order valence-electron chi connectivity index (χ1n) is 22.8. The van der Waals surface area contributed by atoms with E-state index in [1.54, 1.807) is 0 Å². The third kappa shape index (κ3) is 11.7. The number of aromatic nitrogens is 8. The Hall–Kier alpha value is -3.28. The average Bonchev–Trinajstić information content (AvgIpc) is 4.11. The molecule has 2 aliphatic rings. The minimum atomic E-state index is -0.0342. The van der Waals surface area contributed by atoms with Crippen molar-refractivity contribution in [3.63, 3.8) is 0 Å². The molecule has 378 valence electrons. The number of nitrogens with one attached hydrogen (secondary N) is 2. The highest BCUT2D eigenvalue weighted by molar-refractivity contribution is 8.03. The summed E-state index contributed by atoms with van der Waals surface area (Å²) < 4.78 is 0. The van der Waals surface area contributed by atoms with Gasteiger partial charge in [0.1, 0.15) is 22.6 Å². The zero-order valence-electron chi connectivity index (χ0n) is 38.5. The molecule has 24 heteroatoms. The minimum absolute atomic E-state index is 0.0330. The summed E-state index contributed by atoms with van der Waals surface area (Å²) in [6.45, 7) is -0.269. The number of H-pyrrole nitrogens is 2. The zero-order valence-corrected chi connectivity index (χ0v) is 45.0. The molecule has 0 saturated heterocycles. The molecule has 0 unspecified atom stereocenters. The summed E-state index contributed by atoms with van der Waals surface area (Å²) in [5.41, 5.74) is 4.67. The zero-order chi connectivity index (χ0) is 50.1. The molecule has 0 fully saturated rings. The molecular formula is C48H50N8O8S8. The Kier molecular flexibility index (Phi) is 19.0. The Bertz CT molecular complexity index is 2860. The van der Waals surface area contributed by atoms with Gasteiger partial charge in [0.25, 0.3) is 0 Å². The van der Waals surface area contributed by atoms with Gasteiger partial charge in [0.15, 0.2) is 23.3 Å². The summed E-state index contributed by atoms with van der Waals surface area (Å²) in [6, 6.07) is 16.2. The fourth-order valence-electron chi connectivity index (χ4n) is 7.96. The lowest BCUT2D eigenvalue weighted by Gasteiger charge is -2.11. The number of fused-ring (bicyclic) bond motifs is 20. The normalized spacial score (nSPS) is 12.1. The highest BCUT2D eigenvalue weighted by atomic mass is 32.2. The van der Waals surface area contributed by atoms with Gasteiger partial charge in [-0.3, -0.25) is 0 Å². The van der Waals surface area contributed by atoms with Crippen molar-refractivity contribution in [3.8, 4) is 45.6 Å². The summed E-state index contributed by atoms with van der Waals surface area (Å²) in [6.07, 6.45) is 0. The second-order valence-electron chi connectivity index (χ2n) is 15.6. The highest BCUT2D eigenvalue weighted by Gasteiger charge is 2.27. The van der Waals surface area contributed by atoms with Crippen molar-refractivity contribution in [1.82, 2.24) is 39.9 Å². The number of aromatic amines is 2. The van der Waals surface area contributed by atoms with Gasteiger partial charge in [0.05, 0.1) is 52.9 Å². The van der Waals surface area contributed by atoms with E-state index < -0.39 is 0 Å². The van der Waals surface area contributed by atoms with Crippen molar-refractivity contribution >= 4 is 138 Å². The van der Waals surface area contributed by atoms with E-state index in [4.69, 9.17) is 29.9 Å². The van der Waals surface area contributed by atoms with Crippen LogP contribution in [0.1, 0.15) is 0 Å². The van der Waals surface area contributed by atoms with Crippen LogP contribution in [0.25, 0.3) is 89.7 Å². The van der Waals surface area contributed by atoms with Gasteiger partial charge < -0.3 is 50.8 Å². The molecule has 3 aromatic heterocycles. The van der Waals surface area contributed by atoms with Gasteiger partial charge in [-0.2, -0.15) is 0 Å². The Morgan fingerprint density at radius 1 is 0.264 bits per heavy atom. The number of thioether (sulfide) groups is 8. The molecule has 0 aliphatic carbocycles. The van der Waals surface area contributed by atoms with Crippen LogP contribution in [0.2, 0.25) is 0 Å². The van der Waals surface area contributed by atoms with E-state index in [2.05, 4.69) is 9.97 Å². The van der Waals surface area contributed by atoms with Crippen LogP contribution in [-0.2, 0) is 0 Å². The van der Waals surface area contributed by atoms with Gasteiger partial charge in [0.2, 0.25) is 0 Å². The number of hydrogen-bond donors (Lipinski definition) is 10. The lowest BCUT2D eigenvalue weighted by Crippen LogP contribution is -1.93. The molecule has 0 amide bonds. The monoisotopic (exact) mass is 1120 g/mol. The molecule has 10 N–H and O–H groups in total. The van der Waals surface area contributed by atoms with Gasteiger partial charge in [-0.15, -0.1) is 94.1 Å². The molecule has 72 heavy (non-hydrogen) atoms. The van der Waals surface area contributed by atoms with E-state index in [9.17, 15) is 40.9 Å². The van der Waals surface area contributed by atoms with Crippen molar-refractivity contribution in [3.05, 3.63) is 48.5 Å². The summed E-state index contributed by atoms with van der Waals surface area (Å²) in [4.78, 5) is 45.8. The van der Waals surface area contributed by atoms with Crippen LogP contribution >= 0.6 is 94.1 Å². The van der Waals surface area contributed by atoms with E-state index in [1.807, 2.05) is 48.5 Å². The smallest absolute Gasteiger partial charge is 0.164 e. The second kappa shape index (κ2) is 25.5. The van der Waals surface area contributed by atoms with Crippen molar-refractivity contribution in [1.29, 1.82) is 0 Å². The minimum Gasteiger partial charge on any atom is -0.396 e. The van der Waals surface area contributed by atoms with Crippen LogP contribution < -0.4 is 0 Å². The van der Waals surface area contributed by atoms with E-state index >= 15 is 0 Å². The quantitative estimate of drug-likeness (QED) is 0.0262. The molecule has 2 aliphatic heterocycles. The summed E-state index contributed by atoms with van der Waals surface area (Å²) in [7, 11) is 0. The Labute approximate surface area is 447 Å². The SMILES string of the molecule is OCCSc1cc2c(cc1SCCO)-c1nc-2nc2[nH]c(nc3nc(nc4[nH]c(n1)c1cc(SCCO)c(SCCO)cc41)-c1cc(SCCO)c(SCCO)cc1-3)c1cc(SCCO)c(SCCO)cc21. The molecule has 7 aromatic rings. The molecule has 0 atom stereocenters. The molecule has 0 saturated carbocycles. The largest absolute Gasteiger partial charge is 0.396 e. The van der Waals surface area contributed by atoms with Crippen LogP contribution in [0.15, 0.2) is 87.7 Å². The average molecular weight is 1120 g/mol. The summed E-state index contributed by atoms with van der Waals surface area (Å²) >= 11 is 12.0. The van der Waals surface area contributed by atoms with Crippen LogP contribution in [-0.4, -0.2) is 180 Å². The van der Waals surface area contributed by atoms with Gasteiger partial charge in [0, 0.05) is 129 Å². The molecule has 4 aromatic carbocycles. The Morgan fingerprint density at radius 2 is 0.444 bits per heavy atom. The number of benzene rings is 4. The van der Waals surface area contributed by atoms with Gasteiger partial charge in [-0.25, -0.2) is 29.9 Å². The van der Waals surface area contributed by atoms with Crippen LogP contribution in [0, 0.1) is 0 Å². The number of hydrogen-bond acceptors (Lipinski definition) is 22. The standard InChI is InChI=1S/C48H50N8O8S8/c57-1-9-65-33-17-25-26(18-34(33)66-10-2-58)42-49-41(25)53-43-27-19-35(67-11-3-59)36(68-12-4-60)20-28(27)45(50-43)55-47-31-23-39(71-15-7-63)40(72-16-8-64)24-32(31)48(52-47)56-46-30-22-38(70-14-6-62)37(69-13-5-61)21-29(30)44(51-46)54-42/h17-24,57-64H,1-16H2,(H2,49,50,51,52,53,54,55,56). The van der Waals surface area contributed by atoms with Gasteiger partial charge in [-0.1, -0.05) is 0 Å². The Balaban J connectivity index is 1.44. The van der Waals surface area contributed by atoms with Crippen LogP contribution in [0.4, 0.5) is 0 Å². The number of aliphatic hydroxyl groups is 8. The third-order valence-corrected chi connectivity index (χ3v) is 19.7. The van der Waals surface area contributed by atoms with Gasteiger partial charge >= 0.3 is 0 Å². The topological polar surface area (TPSA) is 271 Å². The molecule has 16 nitrogen and oxygen atoms in total. The van der Waals surface area contributed by atoms with E-state index in [-0.39, 0.29) is 52.9 Å². The molecule has 8 bridgehead atoms. The lowest BCUT2D eigenvalue weighted by molar-refractivity contribution is 0.322. The molecule has 9 rings (SSSR count). The van der Waals surface area contributed by atoms with Crippen molar-refractivity contribution in [2.75, 3.05) is 98.9 Å². The third-order valence-electron chi connectivity index (χ3n) is 10.9. The lowest BCUT2D eigenvalue weighted by atomic mass is 10.1. The number of aliphatic hydroxyl groups excluding tert-OH is 8. The first-order chi connectivity index (χ1) is 35.3. The molecule has 5 heterocycles. The highest BCUT2D eigenvalue weighted by Crippen LogP contribution is 2.46. The summed E-state index contributed by atoms with van der Waals surface area (Å²) in [5, 5.41) is 82.3. The maximum Gasteiger partial charge on any atom is 0.164 e. The van der Waals surface area contributed by atoms with Crippen molar-refractivity contribution in [2.24, 2.45) is 0 Å². The van der Waals surface area contributed by atoms with Crippen molar-refractivity contribution in [2.45, 2.75) is 39.2 Å².